The number of hydrogen-bond donors (Lipinski definition) is 2. The first kappa shape index (κ1) is 19.7. The van der Waals surface area contributed by atoms with Crippen molar-refractivity contribution in [3.05, 3.63) is 75.9 Å². The van der Waals surface area contributed by atoms with Crippen LogP contribution in [0.3, 0.4) is 0 Å². The van der Waals surface area contributed by atoms with Crippen molar-refractivity contribution in [2.45, 2.75) is 20.0 Å². The average molecular weight is 417 g/mol. The number of rotatable bonds is 6. The molecule has 1 amide bonds. The number of amides is 1. The summed E-state index contributed by atoms with van der Waals surface area (Å²) >= 11 is 3.38. The maximum absolute atomic E-state index is 12.3. The zero-order valence-electron chi connectivity index (χ0n) is 14.9. The van der Waals surface area contributed by atoms with Gasteiger partial charge in [0.2, 0.25) is 0 Å². The largest absolute Gasteiger partial charge is 0.494 e. The highest BCUT2D eigenvalue weighted by Crippen LogP contribution is 2.22. The summed E-state index contributed by atoms with van der Waals surface area (Å²) in [6.07, 6.45) is -1.06. The van der Waals surface area contributed by atoms with Crippen LogP contribution in [0.25, 0.3) is 5.76 Å². The third-order valence-corrected chi connectivity index (χ3v) is 4.22. The standard InChI is InChI=1S/C20H21BrN2O3/c1-13(22)18(19(25-3)16-9-11-17(21)12-10-16)23-20(24)26-14(2)15-7-5-4-6-8-15/h4-12,14,22H,1-3H3,(H,23,24)/b19-18+,22-13?/t14-/m1/s1. The monoisotopic (exact) mass is 416 g/mol. The minimum absolute atomic E-state index is 0.161. The summed E-state index contributed by atoms with van der Waals surface area (Å²) in [4.78, 5) is 12.3. The molecule has 2 N–H and O–H groups in total. The van der Waals surface area contributed by atoms with E-state index in [1.807, 2.05) is 54.6 Å². The first-order valence-corrected chi connectivity index (χ1v) is 8.84. The van der Waals surface area contributed by atoms with E-state index in [0.29, 0.717) is 5.76 Å². The molecule has 1 atom stereocenters. The highest BCUT2D eigenvalue weighted by atomic mass is 79.9. The number of allylic oxidation sites excluding steroid dienone is 1. The normalized spacial score (nSPS) is 12.6. The summed E-state index contributed by atoms with van der Waals surface area (Å²) in [7, 11) is 1.50. The Balaban J connectivity index is 2.22. The van der Waals surface area contributed by atoms with Gasteiger partial charge in [-0.05, 0) is 31.5 Å². The van der Waals surface area contributed by atoms with Crippen molar-refractivity contribution in [1.29, 1.82) is 5.41 Å². The molecular formula is C20H21BrN2O3. The number of carbonyl (C=O) groups excluding carboxylic acids is 1. The van der Waals surface area contributed by atoms with E-state index in [1.54, 1.807) is 13.8 Å². The topological polar surface area (TPSA) is 71.4 Å². The molecule has 0 saturated carbocycles. The van der Waals surface area contributed by atoms with E-state index in [-0.39, 0.29) is 11.4 Å². The van der Waals surface area contributed by atoms with E-state index in [2.05, 4.69) is 21.2 Å². The number of hydrogen-bond acceptors (Lipinski definition) is 4. The average Bonchev–Trinajstić information content (AvgIpc) is 2.63. The maximum Gasteiger partial charge on any atom is 0.412 e. The van der Waals surface area contributed by atoms with Crippen molar-refractivity contribution < 1.29 is 14.3 Å². The first-order valence-electron chi connectivity index (χ1n) is 8.04. The molecule has 0 aliphatic carbocycles. The van der Waals surface area contributed by atoms with Gasteiger partial charge in [0.05, 0.1) is 12.8 Å². The van der Waals surface area contributed by atoms with Gasteiger partial charge in [-0.15, -0.1) is 0 Å². The van der Waals surface area contributed by atoms with E-state index in [9.17, 15) is 4.79 Å². The molecule has 2 rings (SSSR count). The second-order valence-corrected chi connectivity index (χ2v) is 6.54. The molecule has 0 aliphatic rings. The summed E-state index contributed by atoms with van der Waals surface area (Å²) in [5.74, 6) is 0.398. The van der Waals surface area contributed by atoms with Gasteiger partial charge in [-0.3, -0.25) is 5.32 Å². The van der Waals surface area contributed by atoms with Gasteiger partial charge < -0.3 is 14.9 Å². The van der Waals surface area contributed by atoms with Crippen LogP contribution in [-0.4, -0.2) is 18.9 Å². The number of benzene rings is 2. The van der Waals surface area contributed by atoms with Crippen molar-refractivity contribution in [3.8, 4) is 0 Å². The first-order chi connectivity index (χ1) is 12.4. The van der Waals surface area contributed by atoms with Gasteiger partial charge in [0.1, 0.15) is 11.8 Å². The van der Waals surface area contributed by atoms with Gasteiger partial charge in [0, 0.05) is 10.0 Å². The Bertz CT molecular complexity index is 802. The SMILES string of the molecule is CO/C(=C(/NC(=O)O[C@H](C)c1ccccc1)C(C)=N)c1ccc(Br)cc1. The van der Waals surface area contributed by atoms with Gasteiger partial charge in [-0.2, -0.15) is 0 Å². The molecule has 6 heteroatoms. The number of alkyl carbamates (subject to hydrolysis) is 1. The summed E-state index contributed by atoms with van der Waals surface area (Å²) in [6.45, 7) is 3.37. The Morgan fingerprint density at radius 3 is 2.27 bits per heavy atom. The van der Waals surface area contributed by atoms with Gasteiger partial charge in [0.25, 0.3) is 0 Å². The Morgan fingerprint density at radius 1 is 1.12 bits per heavy atom. The lowest BCUT2D eigenvalue weighted by molar-refractivity contribution is 0.110. The van der Waals surface area contributed by atoms with Crippen LogP contribution in [0.15, 0.2) is 64.8 Å². The zero-order valence-corrected chi connectivity index (χ0v) is 16.5. The third kappa shape index (κ3) is 5.20. The van der Waals surface area contributed by atoms with Crippen LogP contribution in [0.5, 0.6) is 0 Å². The molecule has 0 spiro atoms. The van der Waals surface area contributed by atoms with Crippen LogP contribution in [0.4, 0.5) is 4.79 Å². The molecule has 2 aromatic rings. The number of carbonyl (C=O) groups is 1. The Morgan fingerprint density at radius 2 is 1.73 bits per heavy atom. The van der Waals surface area contributed by atoms with Crippen LogP contribution in [0.2, 0.25) is 0 Å². The van der Waals surface area contributed by atoms with Crippen LogP contribution in [0.1, 0.15) is 31.1 Å². The smallest absolute Gasteiger partial charge is 0.412 e. The molecule has 0 radical (unpaired) electrons. The highest BCUT2D eigenvalue weighted by molar-refractivity contribution is 9.10. The second kappa shape index (κ2) is 9.20. The minimum atomic E-state index is -0.644. The Kier molecular flexibility index (Phi) is 6.97. The lowest BCUT2D eigenvalue weighted by Gasteiger charge is -2.18. The van der Waals surface area contributed by atoms with E-state index in [0.717, 1.165) is 15.6 Å². The van der Waals surface area contributed by atoms with Crippen LogP contribution in [0, 0.1) is 5.41 Å². The van der Waals surface area contributed by atoms with Crippen LogP contribution >= 0.6 is 15.9 Å². The van der Waals surface area contributed by atoms with Gasteiger partial charge >= 0.3 is 6.09 Å². The van der Waals surface area contributed by atoms with Gasteiger partial charge in [-0.25, -0.2) is 4.79 Å². The van der Waals surface area contributed by atoms with E-state index in [1.165, 1.54) is 7.11 Å². The summed E-state index contributed by atoms with van der Waals surface area (Å²) in [6, 6.07) is 16.9. The number of halogens is 1. The van der Waals surface area contributed by atoms with Crippen molar-refractivity contribution >= 4 is 33.5 Å². The molecule has 0 unspecified atom stereocenters. The summed E-state index contributed by atoms with van der Waals surface area (Å²) in [5.41, 5.74) is 2.06. The number of ether oxygens (including phenoxy) is 2. The molecule has 0 fully saturated rings. The lowest BCUT2D eigenvalue weighted by atomic mass is 10.1. The maximum atomic E-state index is 12.3. The predicted octanol–water partition coefficient (Wildman–Crippen LogP) is 5.29. The predicted molar refractivity (Wildman–Crippen MR) is 106 cm³/mol. The van der Waals surface area contributed by atoms with Gasteiger partial charge in [-0.1, -0.05) is 58.4 Å². The van der Waals surface area contributed by atoms with Crippen LogP contribution < -0.4 is 5.32 Å². The molecule has 136 valence electrons. The lowest BCUT2D eigenvalue weighted by Crippen LogP contribution is -2.29. The fourth-order valence-electron chi connectivity index (χ4n) is 2.37. The quantitative estimate of drug-likeness (QED) is 0.496. The third-order valence-electron chi connectivity index (χ3n) is 3.69. The highest BCUT2D eigenvalue weighted by Gasteiger charge is 2.18. The fraction of sp³-hybridized carbons (Fsp3) is 0.200. The Hall–Kier alpha value is -2.60. The summed E-state index contributed by atoms with van der Waals surface area (Å²) in [5, 5.41) is 10.6. The van der Waals surface area contributed by atoms with Crippen LogP contribution in [-0.2, 0) is 9.47 Å². The molecule has 0 aliphatic heterocycles. The molecule has 2 aromatic carbocycles. The van der Waals surface area contributed by atoms with Crippen molar-refractivity contribution in [2.75, 3.05) is 7.11 Å². The minimum Gasteiger partial charge on any atom is -0.494 e. The fourth-order valence-corrected chi connectivity index (χ4v) is 2.63. The number of methoxy groups -OCH3 is 1. The second-order valence-electron chi connectivity index (χ2n) is 5.62. The molecule has 5 nitrogen and oxygen atoms in total. The van der Waals surface area contributed by atoms with Crippen molar-refractivity contribution in [1.82, 2.24) is 5.32 Å². The van der Waals surface area contributed by atoms with E-state index >= 15 is 0 Å². The van der Waals surface area contributed by atoms with E-state index < -0.39 is 12.2 Å². The van der Waals surface area contributed by atoms with E-state index in [4.69, 9.17) is 14.9 Å². The molecule has 0 heterocycles. The molecule has 0 aromatic heterocycles. The molecule has 0 saturated heterocycles. The van der Waals surface area contributed by atoms with Crippen molar-refractivity contribution in [2.24, 2.45) is 0 Å². The van der Waals surface area contributed by atoms with Gasteiger partial charge in [0.15, 0.2) is 5.76 Å². The Labute approximate surface area is 161 Å². The zero-order chi connectivity index (χ0) is 19.1. The number of nitrogens with one attached hydrogen (secondary N) is 2. The molecule has 26 heavy (non-hydrogen) atoms. The molecular weight excluding hydrogens is 396 g/mol. The molecule has 0 bridgehead atoms. The summed E-state index contributed by atoms with van der Waals surface area (Å²) < 4.78 is 11.8. The van der Waals surface area contributed by atoms with Crippen molar-refractivity contribution in [3.63, 3.8) is 0 Å².